The number of nitrogens with one attached hydrogen (secondary N) is 2. The Morgan fingerprint density at radius 3 is 2.28 bits per heavy atom. The van der Waals surface area contributed by atoms with Crippen molar-refractivity contribution in [2.24, 2.45) is 0 Å². The van der Waals surface area contributed by atoms with Crippen LogP contribution in [0.1, 0.15) is 26.3 Å². The van der Waals surface area contributed by atoms with E-state index in [4.69, 9.17) is 0 Å². The molecule has 1 aromatic rings. The van der Waals surface area contributed by atoms with Gasteiger partial charge in [-0.25, -0.2) is 8.78 Å². The molecule has 0 aromatic heterocycles. The molecule has 18 heavy (non-hydrogen) atoms. The zero-order chi connectivity index (χ0) is 13.7. The molecule has 0 bridgehead atoms. The lowest BCUT2D eigenvalue weighted by molar-refractivity contribution is -0.123. The first kappa shape index (κ1) is 14.6. The summed E-state index contributed by atoms with van der Waals surface area (Å²) in [6.45, 7) is 5.32. The van der Waals surface area contributed by atoms with Crippen LogP contribution < -0.4 is 10.6 Å². The Hall–Kier alpha value is -1.49. The second-order valence-electron chi connectivity index (χ2n) is 4.47. The van der Waals surface area contributed by atoms with Crippen LogP contribution in [-0.4, -0.2) is 18.0 Å². The van der Waals surface area contributed by atoms with E-state index in [0.29, 0.717) is 0 Å². The van der Waals surface area contributed by atoms with Gasteiger partial charge in [-0.05, 0) is 32.9 Å². The van der Waals surface area contributed by atoms with E-state index >= 15 is 0 Å². The van der Waals surface area contributed by atoms with Gasteiger partial charge >= 0.3 is 0 Å². The first-order chi connectivity index (χ1) is 8.41. The van der Waals surface area contributed by atoms with Gasteiger partial charge < -0.3 is 10.6 Å². The van der Waals surface area contributed by atoms with Crippen LogP contribution in [0.15, 0.2) is 18.2 Å². The van der Waals surface area contributed by atoms with E-state index < -0.39 is 17.7 Å². The smallest absolute Gasteiger partial charge is 0.237 e. The van der Waals surface area contributed by atoms with E-state index in [-0.39, 0.29) is 24.1 Å². The Morgan fingerprint density at radius 1 is 1.22 bits per heavy atom. The average Bonchev–Trinajstić information content (AvgIpc) is 2.27. The van der Waals surface area contributed by atoms with Crippen LogP contribution >= 0.6 is 0 Å². The normalized spacial score (nSPS) is 12.6. The molecule has 0 heterocycles. The summed E-state index contributed by atoms with van der Waals surface area (Å²) in [5.41, 5.74) is -0.0540. The summed E-state index contributed by atoms with van der Waals surface area (Å²) >= 11 is 0. The molecule has 0 aliphatic rings. The predicted molar refractivity (Wildman–Crippen MR) is 65.9 cm³/mol. The van der Waals surface area contributed by atoms with Crippen molar-refractivity contribution < 1.29 is 13.6 Å². The standard InChI is InChI=1S/C13H18F2N2O/c1-8(2)17-13(18)9(3)16-7-10-11(14)5-4-6-12(10)15/h4-6,8-9,16H,7H2,1-3H3,(H,17,18). The summed E-state index contributed by atoms with van der Waals surface area (Å²) in [6, 6.07) is 3.22. The zero-order valence-corrected chi connectivity index (χ0v) is 10.8. The van der Waals surface area contributed by atoms with Crippen molar-refractivity contribution in [3.63, 3.8) is 0 Å². The van der Waals surface area contributed by atoms with Crippen molar-refractivity contribution in [1.82, 2.24) is 10.6 Å². The van der Waals surface area contributed by atoms with Crippen molar-refractivity contribution in [1.29, 1.82) is 0 Å². The fourth-order valence-electron chi connectivity index (χ4n) is 1.46. The highest BCUT2D eigenvalue weighted by Gasteiger charge is 2.15. The molecule has 0 fully saturated rings. The van der Waals surface area contributed by atoms with Crippen molar-refractivity contribution in [2.45, 2.75) is 39.4 Å². The number of halogens is 2. The number of amides is 1. The highest BCUT2D eigenvalue weighted by molar-refractivity contribution is 5.81. The largest absolute Gasteiger partial charge is 0.353 e. The average molecular weight is 256 g/mol. The summed E-state index contributed by atoms with van der Waals surface area (Å²) in [5, 5.41) is 5.51. The zero-order valence-electron chi connectivity index (χ0n) is 10.8. The summed E-state index contributed by atoms with van der Waals surface area (Å²) < 4.78 is 26.7. The molecule has 100 valence electrons. The molecule has 2 N–H and O–H groups in total. The Labute approximate surface area is 106 Å². The van der Waals surface area contributed by atoms with Crippen molar-refractivity contribution in [3.05, 3.63) is 35.4 Å². The fraction of sp³-hybridized carbons (Fsp3) is 0.462. The van der Waals surface area contributed by atoms with Gasteiger partial charge in [-0.3, -0.25) is 4.79 Å². The van der Waals surface area contributed by atoms with Crippen LogP contribution in [0.25, 0.3) is 0 Å². The SMILES string of the molecule is CC(C)NC(=O)C(C)NCc1c(F)cccc1F. The first-order valence-electron chi connectivity index (χ1n) is 5.88. The summed E-state index contributed by atoms with van der Waals surface area (Å²) in [6.07, 6.45) is 0. The monoisotopic (exact) mass is 256 g/mol. The molecule has 0 aliphatic carbocycles. The molecule has 0 radical (unpaired) electrons. The number of benzene rings is 1. The van der Waals surface area contributed by atoms with Gasteiger partial charge in [0.25, 0.3) is 0 Å². The van der Waals surface area contributed by atoms with Crippen LogP contribution in [-0.2, 0) is 11.3 Å². The molecule has 1 amide bonds. The number of rotatable bonds is 5. The Bertz CT molecular complexity index is 401. The third-order valence-electron chi connectivity index (χ3n) is 2.47. The number of hydrogen-bond donors (Lipinski definition) is 2. The van der Waals surface area contributed by atoms with E-state index in [1.54, 1.807) is 6.92 Å². The highest BCUT2D eigenvalue weighted by atomic mass is 19.1. The maximum atomic E-state index is 13.3. The molecule has 0 saturated carbocycles. The van der Waals surface area contributed by atoms with E-state index in [0.717, 1.165) is 0 Å². The van der Waals surface area contributed by atoms with Gasteiger partial charge in [0.2, 0.25) is 5.91 Å². The van der Waals surface area contributed by atoms with Crippen LogP contribution in [0.4, 0.5) is 8.78 Å². The second-order valence-corrected chi connectivity index (χ2v) is 4.47. The lowest BCUT2D eigenvalue weighted by Crippen LogP contribution is -2.44. The molecule has 0 aliphatic heterocycles. The Balaban J connectivity index is 2.57. The molecular weight excluding hydrogens is 238 g/mol. The molecule has 5 heteroatoms. The van der Waals surface area contributed by atoms with Crippen LogP contribution in [0.2, 0.25) is 0 Å². The van der Waals surface area contributed by atoms with Gasteiger partial charge in [-0.1, -0.05) is 6.07 Å². The van der Waals surface area contributed by atoms with Crippen molar-refractivity contribution in [2.75, 3.05) is 0 Å². The van der Waals surface area contributed by atoms with Gasteiger partial charge in [-0.15, -0.1) is 0 Å². The van der Waals surface area contributed by atoms with Gasteiger partial charge in [0.1, 0.15) is 11.6 Å². The maximum absolute atomic E-state index is 13.3. The number of carbonyl (C=O) groups is 1. The van der Waals surface area contributed by atoms with Gasteiger partial charge in [-0.2, -0.15) is 0 Å². The van der Waals surface area contributed by atoms with E-state index in [2.05, 4.69) is 10.6 Å². The second kappa shape index (κ2) is 6.44. The molecule has 3 nitrogen and oxygen atoms in total. The lowest BCUT2D eigenvalue weighted by Gasteiger charge is -2.16. The van der Waals surface area contributed by atoms with Gasteiger partial charge in [0.05, 0.1) is 6.04 Å². The third kappa shape index (κ3) is 4.07. The molecule has 1 atom stereocenters. The van der Waals surface area contributed by atoms with Gasteiger partial charge in [0, 0.05) is 18.2 Å². The fourth-order valence-corrected chi connectivity index (χ4v) is 1.46. The van der Waals surface area contributed by atoms with Crippen molar-refractivity contribution >= 4 is 5.91 Å². The first-order valence-corrected chi connectivity index (χ1v) is 5.88. The third-order valence-corrected chi connectivity index (χ3v) is 2.47. The summed E-state index contributed by atoms with van der Waals surface area (Å²) in [4.78, 5) is 11.6. The topological polar surface area (TPSA) is 41.1 Å². The van der Waals surface area contributed by atoms with Crippen LogP contribution in [0.5, 0.6) is 0 Å². The molecular formula is C13H18F2N2O. The minimum absolute atomic E-state index is 0.0226. The summed E-state index contributed by atoms with van der Waals surface area (Å²) in [5.74, 6) is -1.42. The van der Waals surface area contributed by atoms with Crippen LogP contribution in [0, 0.1) is 11.6 Å². The quantitative estimate of drug-likeness (QED) is 0.845. The van der Waals surface area contributed by atoms with E-state index in [9.17, 15) is 13.6 Å². The van der Waals surface area contributed by atoms with Crippen molar-refractivity contribution in [3.8, 4) is 0 Å². The predicted octanol–water partition coefficient (Wildman–Crippen LogP) is 1.97. The lowest BCUT2D eigenvalue weighted by atomic mass is 10.2. The van der Waals surface area contributed by atoms with E-state index in [1.165, 1.54) is 18.2 Å². The number of carbonyl (C=O) groups excluding carboxylic acids is 1. The van der Waals surface area contributed by atoms with Gasteiger partial charge in [0.15, 0.2) is 0 Å². The van der Waals surface area contributed by atoms with E-state index in [1.807, 2.05) is 13.8 Å². The van der Waals surface area contributed by atoms with Crippen LogP contribution in [0.3, 0.4) is 0 Å². The molecule has 0 spiro atoms. The molecule has 0 saturated heterocycles. The maximum Gasteiger partial charge on any atom is 0.237 e. The minimum Gasteiger partial charge on any atom is -0.353 e. The summed E-state index contributed by atoms with van der Waals surface area (Å²) in [7, 11) is 0. The minimum atomic E-state index is -0.612. The molecule has 1 aromatic carbocycles. The highest BCUT2D eigenvalue weighted by Crippen LogP contribution is 2.11. The number of hydrogen-bond acceptors (Lipinski definition) is 2. The molecule has 1 unspecified atom stereocenters. The Morgan fingerprint density at radius 2 is 1.78 bits per heavy atom. The molecule has 1 rings (SSSR count). The Kier molecular flexibility index (Phi) is 5.22.